The minimum Gasteiger partial charge on any atom is -0.486 e. The Labute approximate surface area is 180 Å². The number of carboxylic acids is 1. The first-order valence-electron chi connectivity index (χ1n) is 9.35. The molecule has 0 spiro atoms. The zero-order valence-electron chi connectivity index (χ0n) is 15.9. The molecular weight excluding hydrogens is 425 g/mol. The van der Waals surface area contributed by atoms with E-state index in [1.807, 2.05) is 0 Å². The number of carboxylic acid groups (broad SMARTS) is 1. The summed E-state index contributed by atoms with van der Waals surface area (Å²) in [5.41, 5.74) is 2.20. The van der Waals surface area contributed by atoms with Gasteiger partial charge < -0.3 is 25.5 Å². The fourth-order valence-corrected chi connectivity index (χ4v) is 3.61. The summed E-state index contributed by atoms with van der Waals surface area (Å²) in [6.07, 6.45) is 1.55. The largest absolute Gasteiger partial charge is 0.486 e. The summed E-state index contributed by atoms with van der Waals surface area (Å²) in [5, 5.41) is 16.7. The molecule has 0 aliphatic carbocycles. The molecule has 31 heavy (non-hydrogen) atoms. The highest BCUT2D eigenvalue weighted by Crippen LogP contribution is 2.40. The molecule has 0 saturated heterocycles. The number of benzene rings is 1. The summed E-state index contributed by atoms with van der Waals surface area (Å²) in [4.78, 5) is 22.8. The number of rotatable bonds is 4. The molecule has 1 aromatic carbocycles. The standard InChI is InChI=1S/C21H15ClFN5O3/c22-10-1-2-13(23)11(7-10)15-9-16(18-20(27-15)25-5-6-31-18)26-14-3-4-24-19-12(14)8-17(28-19)21(29)30/h1-4,7-9H,5-6H2,(H,29,30)(H3,24,25,26,27,28). The number of aromatic amines is 1. The third-order valence-corrected chi connectivity index (χ3v) is 5.08. The maximum Gasteiger partial charge on any atom is 0.352 e. The molecule has 0 radical (unpaired) electrons. The van der Waals surface area contributed by atoms with E-state index in [9.17, 15) is 14.3 Å². The lowest BCUT2D eigenvalue weighted by molar-refractivity contribution is 0.0691. The highest BCUT2D eigenvalue weighted by atomic mass is 35.5. The minimum absolute atomic E-state index is 0.0214. The van der Waals surface area contributed by atoms with Gasteiger partial charge in [-0.05, 0) is 36.4 Å². The van der Waals surface area contributed by atoms with Crippen LogP contribution < -0.4 is 15.4 Å². The quantitative estimate of drug-likeness (QED) is 0.365. The Morgan fingerprint density at radius 1 is 1.23 bits per heavy atom. The van der Waals surface area contributed by atoms with Crippen molar-refractivity contribution in [1.29, 1.82) is 0 Å². The van der Waals surface area contributed by atoms with Gasteiger partial charge in [-0.1, -0.05) is 11.6 Å². The SMILES string of the molecule is O=C(O)c1cc2c(Nc3cc(-c4cc(Cl)ccc4F)nc4c3OCCN4)ccnc2[nH]1. The summed E-state index contributed by atoms with van der Waals surface area (Å²) >= 11 is 6.06. The number of fused-ring (bicyclic) bond motifs is 2. The summed E-state index contributed by atoms with van der Waals surface area (Å²) in [6, 6.07) is 9.14. The number of carbonyl (C=O) groups is 1. The number of nitrogens with zero attached hydrogens (tertiary/aromatic N) is 2. The fraction of sp³-hybridized carbons (Fsp3) is 0.0952. The predicted molar refractivity (Wildman–Crippen MR) is 115 cm³/mol. The van der Waals surface area contributed by atoms with Gasteiger partial charge in [-0.25, -0.2) is 19.2 Å². The fourth-order valence-electron chi connectivity index (χ4n) is 3.44. The van der Waals surface area contributed by atoms with E-state index in [0.717, 1.165) is 0 Å². The lowest BCUT2D eigenvalue weighted by atomic mass is 10.1. The molecule has 0 fully saturated rings. The molecule has 4 aromatic rings. The Morgan fingerprint density at radius 3 is 2.94 bits per heavy atom. The van der Waals surface area contributed by atoms with Gasteiger partial charge in [0.2, 0.25) is 0 Å². The van der Waals surface area contributed by atoms with Crippen molar-refractivity contribution < 1.29 is 19.0 Å². The van der Waals surface area contributed by atoms with Crippen molar-refractivity contribution in [2.75, 3.05) is 23.8 Å². The van der Waals surface area contributed by atoms with Crippen molar-refractivity contribution in [2.24, 2.45) is 0 Å². The number of aromatic nitrogens is 3. The lowest BCUT2D eigenvalue weighted by Crippen LogP contribution is -2.20. The van der Waals surface area contributed by atoms with Gasteiger partial charge in [-0.2, -0.15) is 0 Å². The van der Waals surface area contributed by atoms with Gasteiger partial charge in [-0.15, -0.1) is 0 Å². The van der Waals surface area contributed by atoms with E-state index in [1.54, 1.807) is 18.3 Å². The maximum absolute atomic E-state index is 14.5. The van der Waals surface area contributed by atoms with Gasteiger partial charge >= 0.3 is 5.97 Å². The number of ether oxygens (including phenoxy) is 1. The Bertz CT molecular complexity index is 1340. The minimum atomic E-state index is -1.09. The Morgan fingerprint density at radius 2 is 2.10 bits per heavy atom. The summed E-state index contributed by atoms with van der Waals surface area (Å²) < 4.78 is 20.3. The summed E-state index contributed by atoms with van der Waals surface area (Å²) in [7, 11) is 0. The van der Waals surface area contributed by atoms with Gasteiger partial charge in [0, 0.05) is 22.2 Å². The molecule has 0 saturated carbocycles. The van der Waals surface area contributed by atoms with Crippen LogP contribution in [0.1, 0.15) is 10.5 Å². The molecule has 0 amide bonds. The van der Waals surface area contributed by atoms with Crippen molar-refractivity contribution >= 4 is 45.8 Å². The van der Waals surface area contributed by atoms with Crippen LogP contribution in [-0.4, -0.2) is 39.2 Å². The van der Waals surface area contributed by atoms with Crippen LogP contribution in [0, 0.1) is 5.82 Å². The Kier molecular flexibility index (Phi) is 4.59. The number of anilines is 3. The number of hydrogen-bond donors (Lipinski definition) is 4. The third kappa shape index (κ3) is 3.49. The number of nitrogens with one attached hydrogen (secondary N) is 3. The van der Waals surface area contributed by atoms with E-state index < -0.39 is 11.8 Å². The second kappa shape index (κ2) is 7.44. The van der Waals surface area contributed by atoms with Crippen LogP contribution in [-0.2, 0) is 0 Å². The maximum atomic E-state index is 14.5. The summed E-state index contributed by atoms with van der Waals surface area (Å²) in [5.74, 6) is -0.591. The van der Waals surface area contributed by atoms with Crippen molar-refractivity contribution in [2.45, 2.75) is 0 Å². The first-order chi connectivity index (χ1) is 15.0. The molecule has 0 atom stereocenters. The van der Waals surface area contributed by atoms with Crippen LogP contribution in [0.3, 0.4) is 0 Å². The van der Waals surface area contributed by atoms with Crippen LogP contribution in [0.2, 0.25) is 5.02 Å². The third-order valence-electron chi connectivity index (χ3n) is 4.85. The van der Waals surface area contributed by atoms with Crippen molar-refractivity contribution in [1.82, 2.24) is 15.0 Å². The first kappa shape index (κ1) is 19.1. The number of halogens is 2. The van der Waals surface area contributed by atoms with E-state index >= 15 is 0 Å². The Balaban J connectivity index is 1.65. The van der Waals surface area contributed by atoms with Crippen molar-refractivity contribution in [3.63, 3.8) is 0 Å². The van der Waals surface area contributed by atoms with E-state index in [4.69, 9.17) is 16.3 Å². The molecule has 0 bridgehead atoms. The highest BCUT2D eigenvalue weighted by molar-refractivity contribution is 6.30. The summed E-state index contributed by atoms with van der Waals surface area (Å²) in [6.45, 7) is 0.994. The van der Waals surface area contributed by atoms with E-state index in [-0.39, 0.29) is 11.3 Å². The molecule has 4 heterocycles. The van der Waals surface area contributed by atoms with Gasteiger partial charge in [0.05, 0.1) is 23.6 Å². The average molecular weight is 440 g/mol. The first-order valence-corrected chi connectivity index (χ1v) is 9.72. The van der Waals surface area contributed by atoms with Crippen LogP contribution in [0.25, 0.3) is 22.3 Å². The molecule has 5 rings (SSSR count). The molecule has 1 aliphatic heterocycles. The molecular formula is C21H15ClFN5O3. The normalized spacial score (nSPS) is 12.7. The number of pyridine rings is 2. The van der Waals surface area contributed by atoms with Gasteiger partial charge in [0.25, 0.3) is 0 Å². The molecule has 0 unspecified atom stereocenters. The highest BCUT2D eigenvalue weighted by Gasteiger charge is 2.21. The smallest absolute Gasteiger partial charge is 0.352 e. The second-order valence-corrected chi connectivity index (χ2v) is 7.30. The van der Waals surface area contributed by atoms with Crippen molar-refractivity contribution in [3.8, 4) is 17.0 Å². The van der Waals surface area contributed by atoms with Gasteiger partial charge in [0.15, 0.2) is 11.6 Å². The Hall–Kier alpha value is -3.85. The van der Waals surface area contributed by atoms with E-state index in [0.29, 0.717) is 57.8 Å². The molecule has 10 heteroatoms. The monoisotopic (exact) mass is 439 g/mol. The molecule has 4 N–H and O–H groups in total. The topological polar surface area (TPSA) is 112 Å². The van der Waals surface area contributed by atoms with Gasteiger partial charge in [0.1, 0.15) is 23.8 Å². The molecule has 3 aromatic heterocycles. The van der Waals surface area contributed by atoms with Crippen molar-refractivity contribution in [3.05, 3.63) is 59.1 Å². The molecule has 8 nitrogen and oxygen atoms in total. The average Bonchev–Trinajstić information content (AvgIpc) is 3.21. The van der Waals surface area contributed by atoms with Crippen LogP contribution in [0.5, 0.6) is 5.75 Å². The molecule has 1 aliphatic rings. The van der Waals surface area contributed by atoms with Crippen LogP contribution >= 0.6 is 11.6 Å². The zero-order chi connectivity index (χ0) is 21.5. The van der Waals surface area contributed by atoms with E-state index in [2.05, 4.69) is 25.6 Å². The van der Waals surface area contributed by atoms with E-state index in [1.165, 1.54) is 24.3 Å². The van der Waals surface area contributed by atoms with Crippen LogP contribution in [0.15, 0.2) is 42.6 Å². The zero-order valence-corrected chi connectivity index (χ0v) is 16.6. The van der Waals surface area contributed by atoms with Gasteiger partial charge in [-0.3, -0.25) is 0 Å². The number of aromatic carboxylic acids is 1. The molecule has 156 valence electrons. The lowest BCUT2D eigenvalue weighted by Gasteiger charge is -2.23. The number of hydrogen-bond acceptors (Lipinski definition) is 6. The predicted octanol–water partition coefficient (Wildman–Crippen LogP) is 4.66. The second-order valence-electron chi connectivity index (χ2n) is 6.87. The number of H-pyrrole nitrogens is 1. The van der Waals surface area contributed by atoms with Crippen LogP contribution in [0.4, 0.5) is 21.6 Å².